The molecule has 64 valence electrons. The maximum absolute atomic E-state index is 5.81. The predicted octanol–water partition coefficient (Wildman–Crippen LogP) is 3.49. The summed E-state index contributed by atoms with van der Waals surface area (Å²) in [5.41, 5.74) is 0. The lowest BCUT2D eigenvalue weighted by atomic mass is 10.3. The van der Waals surface area contributed by atoms with Gasteiger partial charge in [-0.25, -0.2) is 0 Å². The summed E-state index contributed by atoms with van der Waals surface area (Å²) in [6, 6.07) is 5.71. The van der Waals surface area contributed by atoms with Gasteiger partial charge in [-0.3, -0.25) is 0 Å². The molecule has 0 radical (unpaired) electrons. The molecule has 0 heterocycles. The molecule has 0 aromatic heterocycles. The fourth-order valence-corrected chi connectivity index (χ4v) is 1.93. The van der Waals surface area contributed by atoms with E-state index < -0.39 is 0 Å². The lowest BCUT2D eigenvalue weighted by Gasteiger charge is -2.06. The van der Waals surface area contributed by atoms with Gasteiger partial charge in [0.25, 0.3) is 0 Å². The first-order chi connectivity index (χ1) is 5.75. The fraction of sp³-hybridized carbons (Fsp3) is 0.333. The molecule has 0 spiro atoms. The molecule has 0 unspecified atom stereocenters. The third kappa shape index (κ3) is 2.04. The molecule has 12 heavy (non-hydrogen) atoms. The van der Waals surface area contributed by atoms with E-state index in [2.05, 4.69) is 22.6 Å². The molecule has 0 saturated heterocycles. The lowest BCUT2D eigenvalue weighted by Crippen LogP contribution is -1.97. The van der Waals surface area contributed by atoms with Crippen LogP contribution in [0.15, 0.2) is 18.2 Å². The first kappa shape index (κ1) is 8.63. The Morgan fingerprint density at radius 1 is 1.42 bits per heavy atom. The van der Waals surface area contributed by atoms with Crippen molar-refractivity contribution in [1.29, 1.82) is 0 Å². The Kier molecular flexibility index (Phi) is 2.46. The molecule has 0 N–H and O–H groups in total. The minimum Gasteiger partial charge on any atom is -0.489 e. The maximum atomic E-state index is 5.81. The second kappa shape index (κ2) is 3.42. The monoisotopic (exact) mass is 294 g/mol. The van der Waals surface area contributed by atoms with Gasteiger partial charge < -0.3 is 4.74 Å². The molecular weight excluding hydrogens is 286 g/mol. The van der Waals surface area contributed by atoms with E-state index in [9.17, 15) is 0 Å². The SMILES string of the molecule is Clc1ccc(OC2CC2)c(I)c1. The second-order valence-corrected chi connectivity index (χ2v) is 4.49. The van der Waals surface area contributed by atoms with Gasteiger partial charge in [0, 0.05) is 5.02 Å². The first-order valence-corrected chi connectivity index (χ1v) is 5.33. The quantitative estimate of drug-likeness (QED) is 0.759. The third-order valence-electron chi connectivity index (χ3n) is 1.71. The van der Waals surface area contributed by atoms with E-state index in [1.807, 2.05) is 18.2 Å². The molecule has 1 nitrogen and oxygen atoms in total. The Bertz CT molecular complexity index is 297. The van der Waals surface area contributed by atoms with E-state index in [4.69, 9.17) is 16.3 Å². The van der Waals surface area contributed by atoms with Crippen LogP contribution in [0.4, 0.5) is 0 Å². The van der Waals surface area contributed by atoms with E-state index >= 15 is 0 Å². The summed E-state index contributed by atoms with van der Waals surface area (Å²) in [6.45, 7) is 0. The largest absolute Gasteiger partial charge is 0.489 e. The Balaban J connectivity index is 2.18. The molecule has 0 atom stereocenters. The normalized spacial score (nSPS) is 16.2. The van der Waals surface area contributed by atoms with Crippen molar-refractivity contribution in [2.45, 2.75) is 18.9 Å². The summed E-state index contributed by atoms with van der Waals surface area (Å²) in [7, 11) is 0. The van der Waals surface area contributed by atoms with Crippen molar-refractivity contribution in [2.75, 3.05) is 0 Å². The molecular formula is C9H8ClIO. The summed E-state index contributed by atoms with van der Waals surface area (Å²) in [5, 5.41) is 0.766. The minimum atomic E-state index is 0.458. The Labute approximate surface area is 90.2 Å². The van der Waals surface area contributed by atoms with Crippen LogP contribution in [0.2, 0.25) is 5.02 Å². The van der Waals surface area contributed by atoms with E-state index in [-0.39, 0.29) is 0 Å². The lowest BCUT2D eigenvalue weighted by molar-refractivity contribution is 0.301. The summed E-state index contributed by atoms with van der Waals surface area (Å²) in [4.78, 5) is 0. The first-order valence-electron chi connectivity index (χ1n) is 3.87. The van der Waals surface area contributed by atoms with E-state index in [0.717, 1.165) is 14.3 Å². The topological polar surface area (TPSA) is 9.23 Å². The smallest absolute Gasteiger partial charge is 0.133 e. The van der Waals surface area contributed by atoms with Crippen LogP contribution in [0.25, 0.3) is 0 Å². The summed E-state index contributed by atoms with van der Waals surface area (Å²) in [5.74, 6) is 0.961. The maximum Gasteiger partial charge on any atom is 0.133 e. The van der Waals surface area contributed by atoms with Crippen molar-refractivity contribution in [3.8, 4) is 5.75 Å². The van der Waals surface area contributed by atoms with E-state index in [1.165, 1.54) is 12.8 Å². The van der Waals surface area contributed by atoms with Gasteiger partial charge in [-0.2, -0.15) is 0 Å². The molecule has 1 aliphatic carbocycles. The van der Waals surface area contributed by atoms with Crippen LogP contribution in [0, 0.1) is 3.57 Å². The molecule has 0 amide bonds. The number of benzene rings is 1. The van der Waals surface area contributed by atoms with Crippen LogP contribution in [-0.2, 0) is 0 Å². The Morgan fingerprint density at radius 2 is 2.17 bits per heavy atom. The molecule has 1 saturated carbocycles. The highest BCUT2D eigenvalue weighted by Crippen LogP contribution is 2.31. The number of halogens is 2. The van der Waals surface area contributed by atoms with Gasteiger partial charge in [0.15, 0.2) is 0 Å². The van der Waals surface area contributed by atoms with Crippen LogP contribution >= 0.6 is 34.2 Å². The van der Waals surface area contributed by atoms with Crippen molar-refractivity contribution in [2.24, 2.45) is 0 Å². The zero-order chi connectivity index (χ0) is 8.55. The fourth-order valence-electron chi connectivity index (χ4n) is 0.936. The number of rotatable bonds is 2. The van der Waals surface area contributed by atoms with Crippen molar-refractivity contribution < 1.29 is 4.74 Å². The average molecular weight is 295 g/mol. The van der Waals surface area contributed by atoms with Crippen LogP contribution in [0.3, 0.4) is 0 Å². The van der Waals surface area contributed by atoms with Gasteiger partial charge in [0.2, 0.25) is 0 Å². The average Bonchev–Trinajstić information content (AvgIpc) is 2.79. The van der Waals surface area contributed by atoms with Gasteiger partial charge in [-0.1, -0.05) is 11.6 Å². The standard InChI is InChI=1S/C9H8ClIO/c10-6-1-4-9(8(11)5-6)12-7-2-3-7/h1,4-5,7H,2-3H2. The summed E-state index contributed by atoms with van der Waals surface area (Å²) in [6.07, 6.45) is 2.84. The minimum absolute atomic E-state index is 0.458. The highest BCUT2D eigenvalue weighted by Gasteiger charge is 2.24. The molecule has 1 aliphatic rings. The van der Waals surface area contributed by atoms with Gasteiger partial charge in [0.1, 0.15) is 5.75 Å². The highest BCUT2D eigenvalue weighted by atomic mass is 127. The van der Waals surface area contributed by atoms with Gasteiger partial charge in [-0.15, -0.1) is 0 Å². The molecule has 0 aliphatic heterocycles. The third-order valence-corrected chi connectivity index (χ3v) is 2.79. The van der Waals surface area contributed by atoms with Crippen LogP contribution < -0.4 is 4.74 Å². The van der Waals surface area contributed by atoms with Gasteiger partial charge >= 0.3 is 0 Å². The van der Waals surface area contributed by atoms with Crippen LogP contribution in [0.1, 0.15) is 12.8 Å². The zero-order valence-electron chi connectivity index (χ0n) is 6.39. The highest BCUT2D eigenvalue weighted by molar-refractivity contribution is 14.1. The molecule has 1 aromatic carbocycles. The molecule has 1 fully saturated rings. The molecule has 2 rings (SSSR count). The second-order valence-electron chi connectivity index (χ2n) is 2.89. The van der Waals surface area contributed by atoms with Crippen LogP contribution in [0.5, 0.6) is 5.75 Å². The Hall–Kier alpha value is 0.0400. The molecule has 3 heteroatoms. The summed E-state index contributed by atoms with van der Waals surface area (Å²) < 4.78 is 6.73. The van der Waals surface area contributed by atoms with Gasteiger partial charge in [-0.05, 0) is 53.6 Å². The van der Waals surface area contributed by atoms with Crippen molar-refractivity contribution in [3.05, 3.63) is 26.8 Å². The van der Waals surface area contributed by atoms with Crippen molar-refractivity contribution in [3.63, 3.8) is 0 Å². The summed E-state index contributed by atoms with van der Waals surface area (Å²) >= 11 is 8.05. The van der Waals surface area contributed by atoms with Crippen molar-refractivity contribution in [1.82, 2.24) is 0 Å². The molecule has 1 aromatic rings. The van der Waals surface area contributed by atoms with Crippen molar-refractivity contribution >= 4 is 34.2 Å². The van der Waals surface area contributed by atoms with Gasteiger partial charge in [0.05, 0.1) is 9.67 Å². The number of ether oxygens (including phenoxy) is 1. The Morgan fingerprint density at radius 3 is 2.75 bits per heavy atom. The number of hydrogen-bond donors (Lipinski definition) is 0. The predicted molar refractivity (Wildman–Crippen MR) is 57.8 cm³/mol. The van der Waals surface area contributed by atoms with E-state index in [1.54, 1.807) is 0 Å². The van der Waals surface area contributed by atoms with Crippen LogP contribution in [-0.4, -0.2) is 6.10 Å². The molecule has 0 bridgehead atoms. The van der Waals surface area contributed by atoms with E-state index in [0.29, 0.717) is 6.10 Å². The zero-order valence-corrected chi connectivity index (χ0v) is 9.30. The number of hydrogen-bond acceptors (Lipinski definition) is 1.